The van der Waals surface area contributed by atoms with E-state index in [0.717, 1.165) is 10.3 Å². The van der Waals surface area contributed by atoms with Gasteiger partial charge in [-0.3, -0.25) is 0 Å². The number of rotatable bonds is 2. The molecule has 1 aliphatic rings. The van der Waals surface area contributed by atoms with Crippen LogP contribution in [0.2, 0.25) is 0 Å². The average molecular weight is 285 g/mol. The zero-order valence-corrected chi connectivity index (χ0v) is 11.2. The van der Waals surface area contributed by atoms with Crippen LogP contribution < -0.4 is 11.1 Å². The molecule has 1 atom stereocenters. The Kier molecular flexibility index (Phi) is 3.06. The number of nitrogens with one attached hydrogen (secondary N) is 1. The SMILES string of the molecule is CC1(C)CCCC1Nc1ncnc(N)c1Br. The van der Waals surface area contributed by atoms with Crippen LogP contribution >= 0.6 is 15.9 Å². The molecule has 1 fully saturated rings. The molecule has 1 heterocycles. The van der Waals surface area contributed by atoms with Gasteiger partial charge in [-0.2, -0.15) is 0 Å². The molecule has 0 aliphatic heterocycles. The fourth-order valence-electron chi connectivity index (χ4n) is 2.24. The highest BCUT2D eigenvalue weighted by atomic mass is 79.9. The maximum absolute atomic E-state index is 5.72. The number of aromatic nitrogens is 2. The first kappa shape index (κ1) is 11.6. The fourth-order valence-corrected chi connectivity index (χ4v) is 2.56. The zero-order valence-electron chi connectivity index (χ0n) is 9.63. The van der Waals surface area contributed by atoms with Crippen LogP contribution in [0, 0.1) is 5.41 Å². The van der Waals surface area contributed by atoms with E-state index in [4.69, 9.17) is 5.73 Å². The second-order valence-electron chi connectivity index (χ2n) is 5.00. The summed E-state index contributed by atoms with van der Waals surface area (Å²) >= 11 is 3.41. The summed E-state index contributed by atoms with van der Waals surface area (Å²) in [6.07, 6.45) is 5.19. The van der Waals surface area contributed by atoms with E-state index in [0.29, 0.717) is 17.3 Å². The standard InChI is InChI=1S/C11H17BrN4/c1-11(2)5-3-4-7(11)16-10-8(12)9(13)14-6-15-10/h6-7H,3-5H2,1-2H3,(H3,13,14,15,16). The summed E-state index contributed by atoms with van der Waals surface area (Å²) in [4.78, 5) is 8.15. The lowest BCUT2D eigenvalue weighted by atomic mass is 9.87. The van der Waals surface area contributed by atoms with E-state index in [9.17, 15) is 0 Å². The van der Waals surface area contributed by atoms with E-state index in [1.165, 1.54) is 25.6 Å². The number of hydrogen-bond donors (Lipinski definition) is 2. The molecule has 0 bridgehead atoms. The summed E-state index contributed by atoms with van der Waals surface area (Å²) in [5.74, 6) is 1.28. The van der Waals surface area contributed by atoms with Crippen molar-refractivity contribution >= 4 is 27.6 Å². The molecule has 1 aliphatic carbocycles. The molecule has 0 radical (unpaired) electrons. The van der Waals surface area contributed by atoms with E-state index in [-0.39, 0.29) is 0 Å². The third-order valence-electron chi connectivity index (χ3n) is 3.38. The molecule has 1 aromatic rings. The Labute approximate surface area is 104 Å². The van der Waals surface area contributed by atoms with Crippen molar-refractivity contribution in [3.8, 4) is 0 Å². The van der Waals surface area contributed by atoms with Crippen LogP contribution in [-0.2, 0) is 0 Å². The molecule has 1 unspecified atom stereocenters. The van der Waals surface area contributed by atoms with E-state index in [2.05, 4.69) is 45.1 Å². The number of hydrogen-bond acceptors (Lipinski definition) is 4. The van der Waals surface area contributed by atoms with Crippen LogP contribution in [0.5, 0.6) is 0 Å². The number of nitrogen functional groups attached to an aromatic ring is 1. The predicted octanol–water partition coefficient (Wildman–Crippen LogP) is 2.81. The van der Waals surface area contributed by atoms with Gasteiger partial charge in [-0.15, -0.1) is 0 Å². The lowest BCUT2D eigenvalue weighted by molar-refractivity contribution is 0.349. The van der Waals surface area contributed by atoms with Crippen molar-refractivity contribution in [2.24, 2.45) is 5.41 Å². The molecule has 5 heteroatoms. The Morgan fingerprint density at radius 2 is 2.25 bits per heavy atom. The minimum Gasteiger partial charge on any atom is -0.383 e. The lowest BCUT2D eigenvalue weighted by Gasteiger charge is -2.28. The van der Waals surface area contributed by atoms with Crippen molar-refractivity contribution in [2.75, 3.05) is 11.1 Å². The van der Waals surface area contributed by atoms with Crippen molar-refractivity contribution in [3.63, 3.8) is 0 Å². The van der Waals surface area contributed by atoms with Gasteiger partial charge in [0.05, 0.1) is 0 Å². The molecule has 2 rings (SSSR count). The average Bonchev–Trinajstić information content (AvgIpc) is 2.54. The Balaban J connectivity index is 2.18. The highest BCUT2D eigenvalue weighted by Gasteiger charge is 2.34. The first-order valence-electron chi connectivity index (χ1n) is 5.53. The fraction of sp³-hybridized carbons (Fsp3) is 0.636. The molecule has 0 saturated heterocycles. The van der Waals surface area contributed by atoms with Crippen LogP contribution in [0.4, 0.5) is 11.6 Å². The van der Waals surface area contributed by atoms with E-state index >= 15 is 0 Å². The summed E-state index contributed by atoms with van der Waals surface area (Å²) in [5.41, 5.74) is 6.04. The topological polar surface area (TPSA) is 63.8 Å². The Morgan fingerprint density at radius 1 is 1.50 bits per heavy atom. The maximum atomic E-state index is 5.72. The van der Waals surface area contributed by atoms with Crippen molar-refractivity contribution < 1.29 is 0 Å². The summed E-state index contributed by atoms with van der Waals surface area (Å²) in [7, 11) is 0. The molecule has 0 spiro atoms. The van der Waals surface area contributed by atoms with Gasteiger partial charge in [0.25, 0.3) is 0 Å². The molecular weight excluding hydrogens is 268 g/mol. The summed E-state index contributed by atoms with van der Waals surface area (Å²) in [6, 6.07) is 0.457. The van der Waals surface area contributed by atoms with Gasteiger partial charge in [-0.25, -0.2) is 9.97 Å². The van der Waals surface area contributed by atoms with Gasteiger partial charge in [0.1, 0.15) is 22.4 Å². The molecular formula is C11H17BrN4. The molecule has 4 nitrogen and oxygen atoms in total. The van der Waals surface area contributed by atoms with Gasteiger partial charge >= 0.3 is 0 Å². The Bertz CT molecular complexity index is 392. The van der Waals surface area contributed by atoms with E-state index in [1.807, 2.05) is 0 Å². The van der Waals surface area contributed by atoms with Crippen LogP contribution in [0.1, 0.15) is 33.1 Å². The number of nitrogens with two attached hydrogens (primary N) is 1. The van der Waals surface area contributed by atoms with Crippen LogP contribution in [0.25, 0.3) is 0 Å². The van der Waals surface area contributed by atoms with E-state index < -0.39 is 0 Å². The van der Waals surface area contributed by atoms with Gasteiger partial charge in [0.15, 0.2) is 0 Å². The van der Waals surface area contributed by atoms with Crippen LogP contribution in [-0.4, -0.2) is 16.0 Å². The van der Waals surface area contributed by atoms with Gasteiger partial charge < -0.3 is 11.1 Å². The number of halogens is 1. The Morgan fingerprint density at radius 3 is 2.88 bits per heavy atom. The van der Waals surface area contributed by atoms with Crippen molar-refractivity contribution in [3.05, 3.63) is 10.8 Å². The number of nitrogens with zero attached hydrogens (tertiary/aromatic N) is 2. The normalized spacial score (nSPS) is 23.3. The van der Waals surface area contributed by atoms with Gasteiger partial charge in [0, 0.05) is 6.04 Å². The van der Waals surface area contributed by atoms with Crippen LogP contribution in [0.15, 0.2) is 10.8 Å². The minimum atomic E-state index is 0.319. The second-order valence-corrected chi connectivity index (χ2v) is 5.79. The minimum absolute atomic E-state index is 0.319. The van der Waals surface area contributed by atoms with Crippen molar-refractivity contribution in [1.29, 1.82) is 0 Å². The molecule has 3 N–H and O–H groups in total. The zero-order chi connectivity index (χ0) is 11.8. The first-order chi connectivity index (χ1) is 7.50. The van der Waals surface area contributed by atoms with Crippen LogP contribution in [0.3, 0.4) is 0 Å². The first-order valence-corrected chi connectivity index (χ1v) is 6.32. The molecule has 0 amide bonds. The monoisotopic (exact) mass is 284 g/mol. The molecule has 0 aromatic carbocycles. The summed E-state index contributed by atoms with van der Waals surface area (Å²) < 4.78 is 0.762. The molecule has 1 saturated carbocycles. The molecule has 88 valence electrons. The third-order valence-corrected chi connectivity index (χ3v) is 4.17. The number of anilines is 2. The smallest absolute Gasteiger partial charge is 0.146 e. The second kappa shape index (κ2) is 4.20. The molecule has 1 aromatic heterocycles. The molecule has 16 heavy (non-hydrogen) atoms. The van der Waals surface area contributed by atoms with Gasteiger partial charge in [-0.05, 0) is 34.2 Å². The van der Waals surface area contributed by atoms with Crippen molar-refractivity contribution in [2.45, 2.75) is 39.2 Å². The van der Waals surface area contributed by atoms with Gasteiger partial charge in [0.2, 0.25) is 0 Å². The van der Waals surface area contributed by atoms with E-state index in [1.54, 1.807) is 0 Å². The highest BCUT2D eigenvalue weighted by Crippen LogP contribution is 2.39. The lowest BCUT2D eigenvalue weighted by Crippen LogP contribution is -2.31. The van der Waals surface area contributed by atoms with Crippen molar-refractivity contribution in [1.82, 2.24) is 9.97 Å². The third kappa shape index (κ3) is 2.14. The summed E-state index contributed by atoms with van der Waals surface area (Å²) in [6.45, 7) is 4.58. The van der Waals surface area contributed by atoms with Gasteiger partial charge in [-0.1, -0.05) is 20.3 Å². The Hall–Kier alpha value is -0.840. The predicted molar refractivity (Wildman–Crippen MR) is 69.2 cm³/mol. The largest absolute Gasteiger partial charge is 0.383 e. The highest BCUT2D eigenvalue weighted by molar-refractivity contribution is 9.10. The maximum Gasteiger partial charge on any atom is 0.146 e. The quantitative estimate of drug-likeness (QED) is 0.877. The summed E-state index contributed by atoms with van der Waals surface area (Å²) in [5, 5.41) is 3.46.